The molecule has 2 aliphatic rings. The molecule has 0 aromatic rings. The normalized spacial score (nSPS) is 25.5. The van der Waals surface area contributed by atoms with Gasteiger partial charge in [0.25, 0.3) is 0 Å². The Morgan fingerprint density at radius 3 is 2.47 bits per heavy atom. The molecule has 0 amide bonds. The molecule has 0 N–H and O–H groups in total. The van der Waals surface area contributed by atoms with Gasteiger partial charge in [0.2, 0.25) is 0 Å². The van der Waals surface area contributed by atoms with Crippen LogP contribution in [0.1, 0.15) is 77.0 Å². The first kappa shape index (κ1) is 11.2. The highest BCUT2D eigenvalue weighted by Gasteiger charge is 2.15. The SMILES string of the molecule is C1=C(CC2CCCCC2)CCCCCC1. The fourth-order valence-corrected chi connectivity index (χ4v) is 3.21. The lowest BCUT2D eigenvalue weighted by Crippen LogP contribution is -2.07. The lowest BCUT2D eigenvalue weighted by molar-refractivity contribution is 0.352. The van der Waals surface area contributed by atoms with Crippen LogP contribution in [-0.2, 0) is 0 Å². The summed E-state index contributed by atoms with van der Waals surface area (Å²) in [6.07, 6.45) is 20.1. The quantitative estimate of drug-likeness (QED) is 0.542. The second-order valence-corrected chi connectivity index (χ2v) is 5.52. The average molecular weight is 206 g/mol. The maximum atomic E-state index is 2.58. The molecule has 2 rings (SSSR count). The first-order valence-corrected chi connectivity index (χ1v) is 7.13. The van der Waals surface area contributed by atoms with Crippen molar-refractivity contribution in [2.75, 3.05) is 0 Å². The molecule has 0 atom stereocenters. The van der Waals surface area contributed by atoms with Gasteiger partial charge < -0.3 is 0 Å². The minimum atomic E-state index is 1.05. The molecule has 0 heterocycles. The Labute approximate surface area is 95.1 Å². The van der Waals surface area contributed by atoms with Crippen LogP contribution >= 0.6 is 0 Å². The highest BCUT2D eigenvalue weighted by molar-refractivity contribution is 5.04. The summed E-state index contributed by atoms with van der Waals surface area (Å²) in [5.74, 6) is 1.05. The summed E-state index contributed by atoms with van der Waals surface area (Å²) < 4.78 is 0. The molecule has 0 nitrogen and oxygen atoms in total. The molecule has 0 unspecified atom stereocenters. The Balaban J connectivity index is 1.79. The molecular weight excluding hydrogens is 180 g/mol. The van der Waals surface area contributed by atoms with Crippen LogP contribution in [0.2, 0.25) is 0 Å². The van der Waals surface area contributed by atoms with Crippen molar-refractivity contribution in [3.05, 3.63) is 11.6 Å². The molecule has 2 aliphatic carbocycles. The van der Waals surface area contributed by atoms with Crippen LogP contribution in [0.3, 0.4) is 0 Å². The van der Waals surface area contributed by atoms with Crippen LogP contribution in [0.5, 0.6) is 0 Å². The van der Waals surface area contributed by atoms with Crippen LogP contribution < -0.4 is 0 Å². The predicted octanol–water partition coefficient (Wildman–Crippen LogP) is 5.24. The maximum Gasteiger partial charge on any atom is -0.0292 e. The second-order valence-electron chi connectivity index (χ2n) is 5.52. The van der Waals surface area contributed by atoms with Gasteiger partial charge in [-0.15, -0.1) is 0 Å². The van der Waals surface area contributed by atoms with Crippen LogP contribution in [0.25, 0.3) is 0 Å². The molecule has 0 bridgehead atoms. The highest BCUT2D eigenvalue weighted by Crippen LogP contribution is 2.31. The van der Waals surface area contributed by atoms with E-state index in [1.54, 1.807) is 0 Å². The predicted molar refractivity (Wildman–Crippen MR) is 67.0 cm³/mol. The molecule has 1 saturated carbocycles. The zero-order valence-electron chi connectivity index (χ0n) is 10.1. The van der Waals surface area contributed by atoms with Crippen molar-refractivity contribution in [3.63, 3.8) is 0 Å². The molecule has 86 valence electrons. The fraction of sp³-hybridized carbons (Fsp3) is 0.867. The molecule has 15 heavy (non-hydrogen) atoms. The Kier molecular flexibility index (Phi) is 4.76. The van der Waals surface area contributed by atoms with Crippen LogP contribution in [0.4, 0.5) is 0 Å². The van der Waals surface area contributed by atoms with E-state index in [9.17, 15) is 0 Å². The van der Waals surface area contributed by atoms with Gasteiger partial charge in [0.05, 0.1) is 0 Å². The third-order valence-electron chi connectivity index (χ3n) is 4.16. The first-order valence-electron chi connectivity index (χ1n) is 7.13. The lowest BCUT2D eigenvalue weighted by Gasteiger charge is -2.23. The topological polar surface area (TPSA) is 0 Å². The van der Waals surface area contributed by atoms with Crippen molar-refractivity contribution in [2.24, 2.45) is 5.92 Å². The fourth-order valence-electron chi connectivity index (χ4n) is 3.21. The van der Waals surface area contributed by atoms with Gasteiger partial charge in [-0.25, -0.2) is 0 Å². The van der Waals surface area contributed by atoms with E-state index in [1.807, 2.05) is 5.57 Å². The van der Waals surface area contributed by atoms with Crippen molar-refractivity contribution < 1.29 is 0 Å². The zero-order valence-corrected chi connectivity index (χ0v) is 10.1. The smallest absolute Gasteiger partial charge is 0.0292 e. The lowest BCUT2D eigenvalue weighted by atomic mass is 9.83. The van der Waals surface area contributed by atoms with E-state index in [2.05, 4.69) is 6.08 Å². The van der Waals surface area contributed by atoms with Gasteiger partial charge in [-0.2, -0.15) is 0 Å². The second kappa shape index (κ2) is 6.35. The molecule has 0 aliphatic heterocycles. The van der Waals surface area contributed by atoms with Crippen LogP contribution in [0.15, 0.2) is 11.6 Å². The van der Waals surface area contributed by atoms with Gasteiger partial charge in [-0.3, -0.25) is 0 Å². The van der Waals surface area contributed by atoms with Crippen molar-refractivity contribution in [3.8, 4) is 0 Å². The molecule has 0 radical (unpaired) electrons. The Morgan fingerprint density at radius 2 is 1.60 bits per heavy atom. The van der Waals surface area contributed by atoms with E-state index in [4.69, 9.17) is 0 Å². The molecule has 0 aromatic heterocycles. The molecule has 0 heteroatoms. The number of rotatable bonds is 2. The number of allylic oxidation sites excluding steroid dienone is 2. The average Bonchev–Trinajstić information content (AvgIpc) is 2.23. The number of hydrogen-bond acceptors (Lipinski definition) is 0. The third-order valence-corrected chi connectivity index (χ3v) is 4.16. The zero-order chi connectivity index (χ0) is 10.3. The minimum Gasteiger partial charge on any atom is -0.0853 e. The molecule has 0 spiro atoms. The van der Waals surface area contributed by atoms with E-state index in [0.29, 0.717) is 0 Å². The van der Waals surface area contributed by atoms with Crippen LogP contribution in [-0.4, -0.2) is 0 Å². The Hall–Kier alpha value is -0.260. The van der Waals surface area contributed by atoms with E-state index in [-0.39, 0.29) is 0 Å². The van der Waals surface area contributed by atoms with Crippen molar-refractivity contribution in [2.45, 2.75) is 77.0 Å². The minimum absolute atomic E-state index is 1.05. The largest absolute Gasteiger partial charge is 0.0853 e. The summed E-state index contributed by atoms with van der Waals surface area (Å²) in [7, 11) is 0. The summed E-state index contributed by atoms with van der Waals surface area (Å²) in [5, 5.41) is 0. The van der Waals surface area contributed by atoms with Crippen molar-refractivity contribution in [1.29, 1.82) is 0 Å². The summed E-state index contributed by atoms with van der Waals surface area (Å²) in [6, 6.07) is 0. The monoisotopic (exact) mass is 206 g/mol. The van der Waals surface area contributed by atoms with Gasteiger partial charge in [-0.1, -0.05) is 56.6 Å². The van der Waals surface area contributed by atoms with E-state index in [0.717, 1.165) is 5.92 Å². The summed E-state index contributed by atoms with van der Waals surface area (Å²) in [4.78, 5) is 0. The van der Waals surface area contributed by atoms with Gasteiger partial charge in [0, 0.05) is 0 Å². The van der Waals surface area contributed by atoms with Gasteiger partial charge >= 0.3 is 0 Å². The Bertz CT molecular complexity index is 196. The van der Waals surface area contributed by atoms with Crippen molar-refractivity contribution in [1.82, 2.24) is 0 Å². The first-order chi connectivity index (χ1) is 7.45. The molecule has 0 aromatic carbocycles. The Morgan fingerprint density at radius 1 is 0.867 bits per heavy atom. The summed E-state index contributed by atoms with van der Waals surface area (Å²) >= 11 is 0. The molecule has 0 saturated heterocycles. The van der Waals surface area contributed by atoms with E-state index in [1.165, 1.54) is 77.0 Å². The number of hydrogen-bond donors (Lipinski definition) is 0. The molecular formula is C15H26. The summed E-state index contributed by atoms with van der Waals surface area (Å²) in [5.41, 5.74) is 1.81. The van der Waals surface area contributed by atoms with Crippen molar-refractivity contribution >= 4 is 0 Å². The van der Waals surface area contributed by atoms with Gasteiger partial charge in [-0.05, 0) is 38.0 Å². The van der Waals surface area contributed by atoms with Gasteiger partial charge in [0.1, 0.15) is 0 Å². The maximum absolute atomic E-state index is 2.58. The molecule has 1 fully saturated rings. The third kappa shape index (κ3) is 4.01. The van der Waals surface area contributed by atoms with E-state index < -0.39 is 0 Å². The van der Waals surface area contributed by atoms with Crippen LogP contribution in [0, 0.1) is 5.92 Å². The summed E-state index contributed by atoms with van der Waals surface area (Å²) in [6.45, 7) is 0. The van der Waals surface area contributed by atoms with E-state index >= 15 is 0 Å². The van der Waals surface area contributed by atoms with Gasteiger partial charge in [0.15, 0.2) is 0 Å². The highest BCUT2D eigenvalue weighted by atomic mass is 14.2. The standard InChI is InChI=1S/C15H26/c1-2-5-9-14(10-6-3-1)13-15-11-7-4-8-12-15/h9,15H,1-8,10-13H2.